The van der Waals surface area contributed by atoms with Gasteiger partial charge in [-0.2, -0.15) is 0 Å². The normalized spacial score (nSPS) is 14.2. The first-order valence-electron chi connectivity index (χ1n) is 5.67. The number of benzene rings is 1. The molecule has 2 aromatic rings. The molecule has 0 aliphatic heterocycles. The third-order valence-electron chi connectivity index (χ3n) is 2.85. The van der Waals surface area contributed by atoms with Gasteiger partial charge < -0.3 is 5.11 Å². The molecule has 0 bridgehead atoms. The number of hydrogen-bond acceptors (Lipinski definition) is 2. The van der Waals surface area contributed by atoms with E-state index in [4.69, 9.17) is 0 Å². The molecule has 19 heavy (non-hydrogen) atoms. The zero-order chi connectivity index (χ0) is 14.0. The molecule has 0 saturated heterocycles. The van der Waals surface area contributed by atoms with Crippen LogP contribution in [0.1, 0.15) is 18.2 Å². The van der Waals surface area contributed by atoms with Gasteiger partial charge in [0.25, 0.3) is 0 Å². The molecule has 1 atom stereocenters. The molecule has 1 unspecified atom stereocenters. The van der Waals surface area contributed by atoms with Crippen LogP contribution in [0.15, 0.2) is 36.5 Å². The molecule has 2 rings (SSSR count). The third-order valence-corrected chi connectivity index (χ3v) is 2.85. The Balaban J connectivity index is 2.30. The number of aromatic nitrogens is 1. The Hall–Kier alpha value is -1.88. The molecule has 0 amide bonds. The zero-order valence-corrected chi connectivity index (χ0v) is 10.2. The Labute approximate surface area is 108 Å². The molecule has 1 aromatic heterocycles. The SMILES string of the molecule is CC(O)(Cc1cccc(F)c1F)c1ccc(F)cn1. The van der Waals surface area contributed by atoms with E-state index in [0.29, 0.717) is 0 Å². The predicted molar refractivity (Wildman–Crippen MR) is 63.8 cm³/mol. The number of halogens is 3. The van der Waals surface area contributed by atoms with Gasteiger partial charge in [0.1, 0.15) is 11.4 Å². The standard InChI is InChI=1S/C14H12F3NO/c1-14(19,12-6-5-10(15)8-18-12)7-9-3-2-4-11(16)13(9)17/h2-6,8,19H,7H2,1H3. The summed E-state index contributed by atoms with van der Waals surface area (Å²) in [6.07, 6.45) is 0.807. The van der Waals surface area contributed by atoms with Gasteiger partial charge in [0, 0.05) is 6.42 Å². The average Bonchev–Trinajstić information content (AvgIpc) is 2.35. The van der Waals surface area contributed by atoms with Gasteiger partial charge in [-0.1, -0.05) is 12.1 Å². The van der Waals surface area contributed by atoms with E-state index < -0.39 is 23.1 Å². The van der Waals surface area contributed by atoms with Gasteiger partial charge in [-0.25, -0.2) is 13.2 Å². The summed E-state index contributed by atoms with van der Waals surface area (Å²) in [6, 6.07) is 6.22. The van der Waals surface area contributed by atoms with Crippen LogP contribution in [0.25, 0.3) is 0 Å². The van der Waals surface area contributed by atoms with E-state index in [0.717, 1.165) is 18.3 Å². The fourth-order valence-corrected chi connectivity index (χ4v) is 1.84. The first-order chi connectivity index (χ1) is 8.90. The minimum absolute atomic E-state index is 0.0381. The van der Waals surface area contributed by atoms with Gasteiger partial charge in [-0.15, -0.1) is 0 Å². The Kier molecular flexibility index (Phi) is 3.57. The molecule has 0 fully saturated rings. The summed E-state index contributed by atoms with van der Waals surface area (Å²) < 4.78 is 39.4. The summed E-state index contributed by atoms with van der Waals surface area (Å²) in [6.45, 7) is 1.41. The molecular formula is C14H12F3NO. The lowest BCUT2D eigenvalue weighted by atomic mass is 9.92. The van der Waals surface area contributed by atoms with Gasteiger partial charge in [0.2, 0.25) is 0 Å². The van der Waals surface area contributed by atoms with E-state index >= 15 is 0 Å². The van der Waals surface area contributed by atoms with Crippen LogP contribution in [0.5, 0.6) is 0 Å². The van der Waals surface area contributed by atoms with E-state index in [2.05, 4.69) is 4.98 Å². The summed E-state index contributed by atoms with van der Waals surface area (Å²) in [7, 11) is 0. The summed E-state index contributed by atoms with van der Waals surface area (Å²) in [4.78, 5) is 3.76. The maximum absolute atomic E-state index is 13.5. The number of pyridine rings is 1. The molecular weight excluding hydrogens is 255 g/mol. The zero-order valence-electron chi connectivity index (χ0n) is 10.2. The lowest BCUT2D eigenvalue weighted by molar-refractivity contribution is 0.0518. The van der Waals surface area contributed by atoms with Crippen molar-refractivity contribution >= 4 is 0 Å². The quantitative estimate of drug-likeness (QED) is 0.927. The topological polar surface area (TPSA) is 33.1 Å². The van der Waals surface area contributed by atoms with Gasteiger partial charge in [-0.3, -0.25) is 4.98 Å². The lowest BCUT2D eigenvalue weighted by Gasteiger charge is -2.23. The number of rotatable bonds is 3. The van der Waals surface area contributed by atoms with Crippen LogP contribution < -0.4 is 0 Å². The highest BCUT2D eigenvalue weighted by molar-refractivity contribution is 5.24. The second kappa shape index (κ2) is 5.01. The van der Waals surface area contributed by atoms with Crippen molar-refractivity contribution in [1.82, 2.24) is 4.98 Å². The van der Waals surface area contributed by atoms with Crippen molar-refractivity contribution < 1.29 is 18.3 Å². The molecule has 0 saturated carbocycles. The van der Waals surface area contributed by atoms with Crippen LogP contribution in [0.2, 0.25) is 0 Å². The number of hydrogen-bond donors (Lipinski definition) is 1. The molecule has 5 heteroatoms. The first-order valence-corrected chi connectivity index (χ1v) is 5.67. The molecule has 2 nitrogen and oxygen atoms in total. The minimum atomic E-state index is -1.51. The summed E-state index contributed by atoms with van der Waals surface area (Å²) in [5.41, 5.74) is -1.28. The van der Waals surface area contributed by atoms with Crippen LogP contribution in [-0.4, -0.2) is 10.1 Å². The number of aliphatic hydroxyl groups is 1. The Morgan fingerprint density at radius 3 is 2.53 bits per heavy atom. The van der Waals surface area contributed by atoms with Crippen molar-refractivity contribution in [3.05, 3.63) is 65.2 Å². The largest absolute Gasteiger partial charge is 0.383 e. The van der Waals surface area contributed by atoms with Crippen LogP contribution in [0.4, 0.5) is 13.2 Å². The van der Waals surface area contributed by atoms with E-state index in [1.807, 2.05) is 0 Å². The fourth-order valence-electron chi connectivity index (χ4n) is 1.84. The van der Waals surface area contributed by atoms with Crippen molar-refractivity contribution in [2.24, 2.45) is 0 Å². The molecule has 1 N–H and O–H groups in total. The molecule has 0 radical (unpaired) electrons. The number of nitrogens with zero attached hydrogens (tertiary/aromatic N) is 1. The maximum Gasteiger partial charge on any atom is 0.162 e. The second-order valence-electron chi connectivity index (χ2n) is 4.53. The van der Waals surface area contributed by atoms with Gasteiger partial charge in [0.15, 0.2) is 11.6 Å². The molecule has 0 spiro atoms. The highest BCUT2D eigenvalue weighted by atomic mass is 19.2. The molecule has 0 aliphatic carbocycles. The van der Waals surface area contributed by atoms with Crippen molar-refractivity contribution in [3.63, 3.8) is 0 Å². The summed E-state index contributed by atoms with van der Waals surface area (Å²) in [5.74, 6) is -2.50. The summed E-state index contributed by atoms with van der Waals surface area (Å²) >= 11 is 0. The van der Waals surface area contributed by atoms with Crippen molar-refractivity contribution in [2.45, 2.75) is 18.9 Å². The second-order valence-corrected chi connectivity index (χ2v) is 4.53. The predicted octanol–water partition coefficient (Wildman–Crippen LogP) is 2.95. The monoisotopic (exact) mass is 267 g/mol. The molecule has 100 valence electrons. The van der Waals surface area contributed by atoms with Crippen LogP contribution in [0.3, 0.4) is 0 Å². The summed E-state index contributed by atoms with van der Waals surface area (Å²) in [5, 5.41) is 10.3. The van der Waals surface area contributed by atoms with Crippen molar-refractivity contribution in [3.8, 4) is 0 Å². The first kappa shape index (κ1) is 13.5. The average molecular weight is 267 g/mol. The van der Waals surface area contributed by atoms with Crippen LogP contribution >= 0.6 is 0 Å². The van der Waals surface area contributed by atoms with Crippen LogP contribution in [0, 0.1) is 17.5 Å². The van der Waals surface area contributed by atoms with Crippen LogP contribution in [-0.2, 0) is 12.0 Å². The van der Waals surface area contributed by atoms with E-state index in [-0.39, 0.29) is 17.7 Å². The molecule has 1 aromatic carbocycles. The minimum Gasteiger partial charge on any atom is -0.383 e. The van der Waals surface area contributed by atoms with Crippen molar-refractivity contribution in [2.75, 3.05) is 0 Å². The van der Waals surface area contributed by atoms with E-state index in [1.165, 1.54) is 25.1 Å². The highest BCUT2D eigenvalue weighted by Crippen LogP contribution is 2.25. The Morgan fingerprint density at radius 2 is 1.89 bits per heavy atom. The van der Waals surface area contributed by atoms with E-state index in [9.17, 15) is 18.3 Å². The fraction of sp³-hybridized carbons (Fsp3) is 0.214. The lowest BCUT2D eigenvalue weighted by Crippen LogP contribution is -2.26. The Bertz CT molecular complexity index is 582. The van der Waals surface area contributed by atoms with Gasteiger partial charge in [0.05, 0.1) is 11.9 Å². The van der Waals surface area contributed by atoms with Gasteiger partial charge in [-0.05, 0) is 30.7 Å². The van der Waals surface area contributed by atoms with Crippen molar-refractivity contribution in [1.29, 1.82) is 0 Å². The smallest absolute Gasteiger partial charge is 0.162 e. The van der Waals surface area contributed by atoms with Gasteiger partial charge >= 0.3 is 0 Å². The third kappa shape index (κ3) is 2.93. The highest BCUT2D eigenvalue weighted by Gasteiger charge is 2.27. The Morgan fingerprint density at radius 1 is 1.16 bits per heavy atom. The molecule has 1 heterocycles. The maximum atomic E-state index is 13.5. The molecule has 0 aliphatic rings. The van der Waals surface area contributed by atoms with E-state index in [1.54, 1.807) is 0 Å².